The number of phenols is 1. The Morgan fingerprint density at radius 3 is 2.73 bits per heavy atom. The van der Waals surface area contributed by atoms with Crippen molar-refractivity contribution in [3.8, 4) is 5.75 Å². The maximum absolute atomic E-state index is 9.72. The standard InChI is InChI=1S/C11H14BrNO.ClH/c1-7(2)6-10(13)8-4-3-5-9(12)11(8)14;/h3-5,10,14H,1,6,13H2,2H3;1H/t10-;/m0./s1. The summed E-state index contributed by atoms with van der Waals surface area (Å²) in [5.41, 5.74) is 7.69. The van der Waals surface area contributed by atoms with Crippen LogP contribution in [0.25, 0.3) is 0 Å². The molecule has 15 heavy (non-hydrogen) atoms. The van der Waals surface area contributed by atoms with Crippen molar-refractivity contribution in [2.45, 2.75) is 19.4 Å². The molecule has 0 radical (unpaired) electrons. The van der Waals surface area contributed by atoms with Gasteiger partial charge in [-0.1, -0.05) is 17.7 Å². The molecule has 0 aliphatic carbocycles. The lowest BCUT2D eigenvalue weighted by atomic mass is 10.0. The molecule has 84 valence electrons. The molecule has 0 saturated carbocycles. The summed E-state index contributed by atoms with van der Waals surface area (Å²) in [5, 5.41) is 9.72. The van der Waals surface area contributed by atoms with Gasteiger partial charge in [0.2, 0.25) is 0 Å². The molecule has 1 aromatic rings. The zero-order chi connectivity index (χ0) is 10.7. The number of para-hydroxylation sites is 1. The minimum absolute atomic E-state index is 0. The van der Waals surface area contributed by atoms with Gasteiger partial charge in [0, 0.05) is 11.6 Å². The van der Waals surface area contributed by atoms with Gasteiger partial charge in [0.1, 0.15) is 5.75 Å². The first kappa shape index (κ1) is 14.5. The molecule has 0 spiro atoms. The topological polar surface area (TPSA) is 46.2 Å². The van der Waals surface area contributed by atoms with Crippen molar-refractivity contribution in [2.75, 3.05) is 0 Å². The summed E-state index contributed by atoms with van der Waals surface area (Å²) in [6.07, 6.45) is 0.685. The maximum atomic E-state index is 9.72. The highest BCUT2D eigenvalue weighted by Crippen LogP contribution is 2.32. The Hall–Kier alpha value is -0.510. The lowest BCUT2D eigenvalue weighted by molar-refractivity contribution is 0.457. The third kappa shape index (κ3) is 3.86. The van der Waals surface area contributed by atoms with E-state index in [0.717, 1.165) is 11.1 Å². The third-order valence-electron chi connectivity index (χ3n) is 1.99. The molecular weight excluding hydrogens is 277 g/mol. The largest absolute Gasteiger partial charge is 0.506 e. The van der Waals surface area contributed by atoms with E-state index in [4.69, 9.17) is 5.73 Å². The molecule has 3 N–H and O–H groups in total. The second-order valence-electron chi connectivity index (χ2n) is 3.45. The number of hydrogen-bond acceptors (Lipinski definition) is 2. The third-order valence-corrected chi connectivity index (χ3v) is 2.63. The molecule has 0 saturated heterocycles. The highest BCUT2D eigenvalue weighted by molar-refractivity contribution is 9.10. The van der Waals surface area contributed by atoms with Crippen LogP contribution in [-0.4, -0.2) is 5.11 Å². The van der Waals surface area contributed by atoms with E-state index in [1.165, 1.54) is 0 Å². The van der Waals surface area contributed by atoms with Crippen molar-refractivity contribution >= 4 is 28.3 Å². The molecule has 1 aromatic carbocycles. The normalized spacial score (nSPS) is 11.7. The lowest BCUT2D eigenvalue weighted by Gasteiger charge is -2.14. The van der Waals surface area contributed by atoms with Gasteiger partial charge in [-0.05, 0) is 35.3 Å². The molecule has 1 rings (SSSR count). The van der Waals surface area contributed by atoms with E-state index in [0.29, 0.717) is 10.9 Å². The van der Waals surface area contributed by atoms with Gasteiger partial charge in [0.15, 0.2) is 0 Å². The van der Waals surface area contributed by atoms with Gasteiger partial charge in [0.25, 0.3) is 0 Å². The van der Waals surface area contributed by atoms with Gasteiger partial charge in [0.05, 0.1) is 4.47 Å². The van der Waals surface area contributed by atoms with E-state index < -0.39 is 0 Å². The van der Waals surface area contributed by atoms with Crippen LogP contribution in [0, 0.1) is 0 Å². The first-order valence-corrected chi connectivity index (χ1v) is 5.19. The molecule has 0 aliphatic rings. The fourth-order valence-corrected chi connectivity index (χ4v) is 1.70. The van der Waals surface area contributed by atoms with Crippen molar-refractivity contribution in [3.63, 3.8) is 0 Å². The number of halogens is 2. The monoisotopic (exact) mass is 291 g/mol. The van der Waals surface area contributed by atoms with Gasteiger partial charge in [-0.25, -0.2) is 0 Å². The summed E-state index contributed by atoms with van der Waals surface area (Å²) < 4.78 is 0.673. The number of hydrogen-bond donors (Lipinski definition) is 2. The first-order valence-electron chi connectivity index (χ1n) is 4.39. The van der Waals surface area contributed by atoms with Gasteiger partial charge >= 0.3 is 0 Å². The van der Waals surface area contributed by atoms with E-state index in [-0.39, 0.29) is 24.2 Å². The molecule has 4 heteroatoms. The molecular formula is C11H15BrClNO. The summed E-state index contributed by atoms with van der Waals surface area (Å²) in [4.78, 5) is 0. The summed E-state index contributed by atoms with van der Waals surface area (Å²) in [5.74, 6) is 0.223. The van der Waals surface area contributed by atoms with E-state index in [1.807, 2.05) is 19.1 Å². The zero-order valence-corrected chi connectivity index (χ0v) is 10.9. The second kappa shape index (κ2) is 6.16. The van der Waals surface area contributed by atoms with E-state index in [1.54, 1.807) is 6.07 Å². The molecule has 0 bridgehead atoms. The van der Waals surface area contributed by atoms with E-state index >= 15 is 0 Å². The summed E-state index contributed by atoms with van der Waals surface area (Å²) in [7, 11) is 0. The van der Waals surface area contributed by atoms with E-state index in [9.17, 15) is 5.11 Å². The average Bonchev–Trinajstić information content (AvgIpc) is 2.08. The molecule has 2 nitrogen and oxygen atoms in total. The molecule has 0 fully saturated rings. The van der Waals surface area contributed by atoms with Gasteiger partial charge in [-0.15, -0.1) is 19.0 Å². The molecule has 0 aliphatic heterocycles. The number of phenolic OH excluding ortho intramolecular Hbond substituents is 1. The van der Waals surface area contributed by atoms with Crippen molar-refractivity contribution in [2.24, 2.45) is 5.73 Å². The Bertz CT molecular complexity index is 354. The molecule has 0 amide bonds. The van der Waals surface area contributed by atoms with Crippen molar-refractivity contribution in [1.29, 1.82) is 0 Å². The van der Waals surface area contributed by atoms with Crippen molar-refractivity contribution in [1.82, 2.24) is 0 Å². The van der Waals surface area contributed by atoms with Gasteiger partial charge in [-0.2, -0.15) is 0 Å². The Kier molecular flexibility index (Phi) is 5.95. The quantitative estimate of drug-likeness (QED) is 0.837. The molecule has 1 atom stereocenters. The minimum Gasteiger partial charge on any atom is -0.506 e. The zero-order valence-electron chi connectivity index (χ0n) is 8.53. The van der Waals surface area contributed by atoms with Crippen LogP contribution in [0.1, 0.15) is 24.9 Å². The lowest BCUT2D eigenvalue weighted by Crippen LogP contribution is -2.10. The van der Waals surface area contributed by atoms with Crippen LogP contribution in [0.2, 0.25) is 0 Å². The maximum Gasteiger partial charge on any atom is 0.134 e. The molecule has 0 heterocycles. The van der Waals surface area contributed by atoms with Crippen molar-refractivity contribution < 1.29 is 5.11 Å². The summed E-state index contributed by atoms with van der Waals surface area (Å²) in [6.45, 7) is 5.72. The van der Waals surface area contributed by atoms with Gasteiger partial charge in [-0.3, -0.25) is 0 Å². The number of rotatable bonds is 3. The fraction of sp³-hybridized carbons (Fsp3) is 0.273. The van der Waals surface area contributed by atoms with Crippen LogP contribution in [-0.2, 0) is 0 Å². The Morgan fingerprint density at radius 1 is 1.60 bits per heavy atom. The van der Waals surface area contributed by atoms with Crippen LogP contribution >= 0.6 is 28.3 Å². The van der Waals surface area contributed by atoms with Crippen molar-refractivity contribution in [3.05, 3.63) is 40.4 Å². The predicted octanol–water partition coefficient (Wildman–Crippen LogP) is 3.54. The average molecular weight is 293 g/mol. The van der Waals surface area contributed by atoms with Crippen LogP contribution in [0.3, 0.4) is 0 Å². The minimum atomic E-state index is -0.190. The number of benzene rings is 1. The highest BCUT2D eigenvalue weighted by atomic mass is 79.9. The number of aromatic hydroxyl groups is 1. The van der Waals surface area contributed by atoms with E-state index in [2.05, 4.69) is 22.5 Å². The van der Waals surface area contributed by atoms with Crippen LogP contribution in [0.5, 0.6) is 5.75 Å². The predicted molar refractivity (Wildman–Crippen MR) is 69.4 cm³/mol. The number of nitrogens with two attached hydrogens (primary N) is 1. The van der Waals surface area contributed by atoms with Crippen LogP contribution in [0.4, 0.5) is 0 Å². The molecule has 0 unspecified atom stereocenters. The fourth-order valence-electron chi connectivity index (χ4n) is 1.32. The van der Waals surface area contributed by atoms with Crippen LogP contribution in [0.15, 0.2) is 34.8 Å². The first-order chi connectivity index (χ1) is 6.52. The SMILES string of the molecule is C=C(C)C[C@H](N)c1cccc(Br)c1O.Cl. The molecule has 0 aromatic heterocycles. The van der Waals surface area contributed by atoms with Crippen LogP contribution < -0.4 is 5.73 Å². The Labute approximate surface area is 105 Å². The van der Waals surface area contributed by atoms with Gasteiger partial charge < -0.3 is 10.8 Å². The highest BCUT2D eigenvalue weighted by Gasteiger charge is 2.12. The Balaban J connectivity index is 0.00000196. The smallest absolute Gasteiger partial charge is 0.134 e. The second-order valence-corrected chi connectivity index (χ2v) is 4.30. The summed E-state index contributed by atoms with van der Waals surface area (Å²) in [6, 6.07) is 5.28. The Morgan fingerprint density at radius 2 is 2.20 bits per heavy atom. The summed E-state index contributed by atoms with van der Waals surface area (Å²) >= 11 is 3.25.